The third-order valence-corrected chi connectivity index (χ3v) is 2.66. The quantitative estimate of drug-likeness (QED) is 0.707. The summed E-state index contributed by atoms with van der Waals surface area (Å²) in [5.74, 6) is -0.394. The Hall–Kier alpha value is -2.24. The molecular formula is C12H16N4O2. The molecule has 0 radical (unpaired) electrons. The molecule has 1 amide bonds. The van der Waals surface area contributed by atoms with E-state index >= 15 is 0 Å². The molecule has 18 heavy (non-hydrogen) atoms. The van der Waals surface area contributed by atoms with Gasteiger partial charge in [-0.05, 0) is 18.1 Å². The number of nitrogens with zero attached hydrogens (tertiary/aromatic N) is 1. The Morgan fingerprint density at radius 3 is 2.78 bits per heavy atom. The van der Waals surface area contributed by atoms with Crippen molar-refractivity contribution < 1.29 is 9.21 Å². The second-order valence-electron chi connectivity index (χ2n) is 4.51. The highest BCUT2D eigenvalue weighted by Crippen LogP contribution is 2.22. The summed E-state index contributed by atoms with van der Waals surface area (Å²) in [4.78, 5) is 15.5. The maximum atomic E-state index is 11.3. The van der Waals surface area contributed by atoms with Crippen molar-refractivity contribution in [2.24, 2.45) is 11.7 Å². The standard InChI is InChI=1S/C12H16N4O2/c1-6(2)10(11(14)17)16-12-15-8-4-3-7(13)5-9(8)18-12/h3-6,10H,13H2,1-2H3,(H2,14,17)(H,15,16). The van der Waals surface area contributed by atoms with Gasteiger partial charge in [0.15, 0.2) is 5.58 Å². The predicted molar refractivity (Wildman–Crippen MR) is 69.9 cm³/mol. The lowest BCUT2D eigenvalue weighted by molar-refractivity contribution is -0.119. The fourth-order valence-electron chi connectivity index (χ4n) is 1.70. The van der Waals surface area contributed by atoms with Crippen LogP contribution in [0.3, 0.4) is 0 Å². The van der Waals surface area contributed by atoms with Crippen molar-refractivity contribution in [2.45, 2.75) is 19.9 Å². The zero-order valence-electron chi connectivity index (χ0n) is 10.3. The van der Waals surface area contributed by atoms with Crippen molar-refractivity contribution >= 4 is 28.7 Å². The largest absolute Gasteiger partial charge is 0.423 e. The lowest BCUT2D eigenvalue weighted by Gasteiger charge is -2.17. The molecule has 2 aromatic rings. The predicted octanol–water partition coefficient (Wildman–Crippen LogP) is 1.33. The van der Waals surface area contributed by atoms with Crippen LogP contribution in [-0.2, 0) is 4.79 Å². The third-order valence-electron chi connectivity index (χ3n) is 2.66. The molecule has 2 rings (SSSR count). The molecule has 1 heterocycles. The van der Waals surface area contributed by atoms with E-state index in [0.29, 0.717) is 16.8 Å². The summed E-state index contributed by atoms with van der Waals surface area (Å²) in [6.07, 6.45) is 0. The summed E-state index contributed by atoms with van der Waals surface area (Å²) < 4.78 is 5.47. The second kappa shape index (κ2) is 4.56. The van der Waals surface area contributed by atoms with Gasteiger partial charge in [0.25, 0.3) is 6.01 Å². The molecule has 0 aliphatic heterocycles. The number of hydrogen-bond acceptors (Lipinski definition) is 5. The number of nitrogens with two attached hydrogens (primary N) is 2. The molecule has 0 spiro atoms. The third kappa shape index (κ3) is 2.37. The van der Waals surface area contributed by atoms with Crippen molar-refractivity contribution in [2.75, 3.05) is 11.1 Å². The van der Waals surface area contributed by atoms with E-state index < -0.39 is 11.9 Å². The highest BCUT2D eigenvalue weighted by atomic mass is 16.4. The summed E-state index contributed by atoms with van der Waals surface area (Å²) >= 11 is 0. The maximum absolute atomic E-state index is 11.3. The van der Waals surface area contributed by atoms with E-state index in [4.69, 9.17) is 15.9 Å². The van der Waals surface area contributed by atoms with Crippen LogP contribution in [0.4, 0.5) is 11.7 Å². The maximum Gasteiger partial charge on any atom is 0.296 e. The molecule has 1 unspecified atom stereocenters. The molecular weight excluding hydrogens is 232 g/mol. The Balaban J connectivity index is 2.28. The first kappa shape index (κ1) is 12.2. The molecule has 1 aromatic heterocycles. The molecule has 5 N–H and O–H groups in total. The van der Waals surface area contributed by atoms with Crippen LogP contribution in [0, 0.1) is 5.92 Å². The molecule has 6 heteroatoms. The number of amides is 1. The van der Waals surface area contributed by atoms with Crippen LogP contribution in [-0.4, -0.2) is 16.9 Å². The first-order valence-electron chi connectivity index (χ1n) is 5.69. The first-order chi connectivity index (χ1) is 8.47. The minimum absolute atomic E-state index is 0.0441. The monoisotopic (exact) mass is 248 g/mol. The van der Waals surface area contributed by atoms with Crippen molar-refractivity contribution in [3.05, 3.63) is 18.2 Å². The number of rotatable bonds is 4. The van der Waals surface area contributed by atoms with Crippen LogP contribution < -0.4 is 16.8 Å². The van der Waals surface area contributed by atoms with Crippen LogP contribution in [0.5, 0.6) is 0 Å². The highest BCUT2D eigenvalue weighted by Gasteiger charge is 2.21. The van der Waals surface area contributed by atoms with Gasteiger partial charge < -0.3 is 21.2 Å². The topological polar surface area (TPSA) is 107 Å². The number of oxazole rings is 1. The Morgan fingerprint density at radius 2 is 2.17 bits per heavy atom. The normalized spacial score (nSPS) is 12.8. The lowest BCUT2D eigenvalue weighted by Crippen LogP contribution is -2.39. The van der Waals surface area contributed by atoms with Gasteiger partial charge in [-0.15, -0.1) is 0 Å². The number of anilines is 2. The van der Waals surface area contributed by atoms with E-state index in [2.05, 4.69) is 10.3 Å². The van der Waals surface area contributed by atoms with Crippen LogP contribution >= 0.6 is 0 Å². The van der Waals surface area contributed by atoms with E-state index in [9.17, 15) is 4.79 Å². The summed E-state index contributed by atoms with van der Waals surface area (Å²) in [5.41, 5.74) is 12.8. The number of carbonyl (C=O) groups is 1. The van der Waals surface area contributed by atoms with E-state index in [-0.39, 0.29) is 11.9 Å². The van der Waals surface area contributed by atoms with Gasteiger partial charge in [0.1, 0.15) is 11.6 Å². The second-order valence-corrected chi connectivity index (χ2v) is 4.51. The number of nitrogen functional groups attached to an aromatic ring is 1. The van der Waals surface area contributed by atoms with Crippen LogP contribution in [0.25, 0.3) is 11.1 Å². The van der Waals surface area contributed by atoms with Gasteiger partial charge in [0.2, 0.25) is 5.91 Å². The molecule has 6 nitrogen and oxygen atoms in total. The number of nitrogens with one attached hydrogen (secondary N) is 1. The number of aromatic nitrogens is 1. The SMILES string of the molecule is CC(C)C(Nc1nc2ccc(N)cc2o1)C(N)=O. The summed E-state index contributed by atoms with van der Waals surface area (Å²) in [5, 5.41) is 2.89. The molecule has 0 saturated carbocycles. The first-order valence-corrected chi connectivity index (χ1v) is 5.69. The highest BCUT2D eigenvalue weighted by molar-refractivity contribution is 5.83. The summed E-state index contributed by atoms with van der Waals surface area (Å²) in [7, 11) is 0. The van der Waals surface area contributed by atoms with Gasteiger partial charge in [0.05, 0.1) is 0 Å². The van der Waals surface area contributed by atoms with E-state index in [1.807, 2.05) is 13.8 Å². The Kier molecular flexibility index (Phi) is 3.10. The molecule has 0 aliphatic rings. The van der Waals surface area contributed by atoms with Crippen molar-refractivity contribution in [3.63, 3.8) is 0 Å². The smallest absolute Gasteiger partial charge is 0.296 e. The zero-order chi connectivity index (χ0) is 13.3. The van der Waals surface area contributed by atoms with E-state index in [1.165, 1.54) is 0 Å². The number of fused-ring (bicyclic) bond motifs is 1. The molecule has 96 valence electrons. The van der Waals surface area contributed by atoms with Gasteiger partial charge in [0, 0.05) is 11.8 Å². The van der Waals surface area contributed by atoms with Gasteiger partial charge in [-0.3, -0.25) is 4.79 Å². The molecule has 0 aliphatic carbocycles. The summed E-state index contributed by atoms with van der Waals surface area (Å²) in [6.45, 7) is 3.78. The Bertz CT molecular complexity index is 576. The minimum Gasteiger partial charge on any atom is -0.423 e. The lowest BCUT2D eigenvalue weighted by atomic mass is 10.0. The van der Waals surface area contributed by atoms with Gasteiger partial charge in [-0.25, -0.2) is 0 Å². The molecule has 0 saturated heterocycles. The molecule has 0 fully saturated rings. The van der Waals surface area contributed by atoms with Crippen molar-refractivity contribution in [3.8, 4) is 0 Å². The van der Waals surface area contributed by atoms with E-state index in [1.54, 1.807) is 18.2 Å². The Labute approximate surface area is 104 Å². The molecule has 0 bridgehead atoms. The van der Waals surface area contributed by atoms with Crippen molar-refractivity contribution in [1.82, 2.24) is 4.98 Å². The number of hydrogen-bond donors (Lipinski definition) is 3. The summed E-state index contributed by atoms with van der Waals surface area (Å²) in [6, 6.07) is 4.93. The van der Waals surface area contributed by atoms with E-state index in [0.717, 1.165) is 0 Å². The number of carbonyl (C=O) groups excluding carboxylic acids is 1. The molecule has 1 aromatic carbocycles. The average Bonchev–Trinajstić information content (AvgIpc) is 2.66. The molecule has 1 atom stereocenters. The van der Waals surface area contributed by atoms with Crippen molar-refractivity contribution in [1.29, 1.82) is 0 Å². The van der Waals surface area contributed by atoms with Gasteiger partial charge in [-0.2, -0.15) is 4.98 Å². The van der Waals surface area contributed by atoms with Crippen LogP contribution in [0.1, 0.15) is 13.8 Å². The minimum atomic E-state index is -0.518. The fourth-order valence-corrected chi connectivity index (χ4v) is 1.70. The average molecular weight is 248 g/mol. The van der Waals surface area contributed by atoms with Crippen LogP contribution in [0.2, 0.25) is 0 Å². The Morgan fingerprint density at radius 1 is 1.44 bits per heavy atom. The fraction of sp³-hybridized carbons (Fsp3) is 0.333. The number of benzene rings is 1. The zero-order valence-corrected chi connectivity index (χ0v) is 10.3. The van der Waals surface area contributed by atoms with Gasteiger partial charge >= 0.3 is 0 Å². The van der Waals surface area contributed by atoms with Crippen LogP contribution in [0.15, 0.2) is 22.6 Å². The van der Waals surface area contributed by atoms with Gasteiger partial charge in [-0.1, -0.05) is 13.8 Å². The number of primary amides is 1.